The van der Waals surface area contributed by atoms with Gasteiger partial charge in [-0.2, -0.15) is 0 Å². The van der Waals surface area contributed by atoms with E-state index < -0.39 is 0 Å². The van der Waals surface area contributed by atoms with Gasteiger partial charge in [-0.05, 0) is 57.0 Å². The number of piperidine rings is 1. The predicted molar refractivity (Wildman–Crippen MR) is 103 cm³/mol. The molecule has 0 amide bonds. The quantitative estimate of drug-likeness (QED) is 0.584. The summed E-state index contributed by atoms with van der Waals surface area (Å²) in [6.07, 6.45) is 2.56. The second kappa shape index (κ2) is 10.1. The zero-order valence-corrected chi connectivity index (χ0v) is 16.0. The maximum absolute atomic E-state index is 5.36. The molecule has 1 unspecified atom stereocenters. The number of hydrogen-bond acceptors (Lipinski definition) is 4. The monoisotopic (exact) mass is 348 g/mol. The molecule has 1 atom stereocenters. The van der Waals surface area contributed by atoms with Gasteiger partial charge in [0.1, 0.15) is 0 Å². The zero-order chi connectivity index (χ0) is 18.1. The zero-order valence-electron chi connectivity index (χ0n) is 16.0. The van der Waals surface area contributed by atoms with Crippen LogP contribution in [-0.4, -0.2) is 58.3 Å². The number of aliphatic imine (C=N–C) groups is 1. The van der Waals surface area contributed by atoms with Gasteiger partial charge in [-0.1, -0.05) is 6.07 Å². The van der Waals surface area contributed by atoms with E-state index in [-0.39, 0.29) is 0 Å². The molecule has 1 aliphatic heterocycles. The van der Waals surface area contributed by atoms with Crippen LogP contribution in [0.2, 0.25) is 0 Å². The van der Waals surface area contributed by atoms with Crippen LogP contribution in [0.1, 0.15) is 25.3 Å². The molecule has 140 valence electrons. The van der Waals surface area contributed by atoms with Gasteiger partial charge < -0.3 is 25.0 Å². The first-order chi connectivity index (χ1) is 12.2. The van der Waals surface area contributed by atoms with E-state index in [1.807, 2.05) is 18.2 Å². The molecule has 1 aliphatic rings. The molecule has 2 N–H and O–H groups in total. The maximum atomic E-state index is 5.36. The molecule has 6 heteroatoms. The number of likely N-dealkylation sites (tertiary alicyclic amines) is 1. The lowest BCUT2D eigenvalue weighted by Crippen LogP contribution is -2.43. The van der Waals surface area contributed by atoms with Crippen molar-refractivity contribution in [3.05, 3.63) is 23.8 Å². The molecule has 0 spiro atoms. The average Bonchev–Trinajstić information content (AvgIpc) is 2.63. The number of nitrogens with zero attached hydrogens (tertiary/aromatic N) is 2. The highest BCUT2D eigenvalue weighted by molar-refractivity contribution is 5.79. The summed E-state index contributed by atoms with van der Waals surface area (Å²) >= 11 is 0. The summed E-state index contributed by atoms with van der Waals surface area (Å²) in [5, 5.41) is 6.81. The summed E-state index contributed by atoms with van der Waals surface area (Å²) in [5.74, 6) is 3.02. The Labute approximate surface area is 151 Å². The number of rotatable bonds is 7. The lowest BCUT2D eigenvalue weighted by atomic mass is 9.99. The smallest absolute Gasteiger partial charge is 0.191 e. The van der Waals surface area contributed by atoms with Crippen molar-refractivity contribution in [2.45, 2.75) is 26.3 Å². The highest BCUT2D eigenvalue weighted by Gasteiger charge is 2.17. The standard InChI is InChI=1S/C19H32N4O2/c1-5-20-19(22-13-16-7-6-10-23(2)14-16)21-12-15-8-9-17(24-3)18(11-15)25-4/h8-9,11,16H,5-7,10,12-14H2,1-4H3,(H2,20,21,22). The molecule has 0 bridgehead atoms. The van der Waals surface area contributed by atoms with Gasteiger partial charge in [0.15, 0.2) is 17.5 Å². The maximum Gasteiger partial charge on any atom is 0.191 e. The van der Waals surface area contributed by atoms with Crippen LogP contribution in [0.15, 0.2) is 23.2 Å². The van der Waals surface area contributed by atoms with Crippen LogP contribution in [-0.2, 0) is 6.54 Å². The Kier molecular flexibility index (Phi) is 7.85. The predicted octanol–water partition coefficient (Wildman–Crippen LogP) is 2.10. The molecule has 0 radical (unpaired) electrons. The van der Waals surface area contributed by atoms with Gasteiger partial charge in [0, 0.05) is 19.6 Å². The number of nitrogens with one attached hydrogen (secondary N) is 2. The summed E-state index contributed by atoms with van der Waals surface area (Å²) in [7, 11) is 5.49. The minimum Gasteiger partial charge on any atom is -0.493 e. The van der Waals surface area contributed by atoms with Gasteiger partial charge in [-0.15, -0.1) is 0 Å². The van der Waals surface area contributed by atoms with Crippen LogP contribution in [0.5, 0.6) is 11.5 Å². The lowest BCUT2D eigenvalue weighted by Gasteiger charge is -2.30. The molecular weight excluding hydrogens is 316 g/mol. The van der Waals surface area contributed by atoms with Crippen molar-refractivity contribution in [3.8, 4) is 11.5 Å². The first-order valence-electron chi connectivity index (χ1n) is 9.07. The summed E-state index contributed by atoms with van der Waals surface area (Å²) in [6, 6.07) is 5.91. The van der Waals surface area contributed by atoms with Gasteiger partial charge in [0.25, 0.3) is 0 Å². The van der Waals surface area contributed by atoms with Crippen molar-refractivity contribution in [1.82, 2.24) is 15.5 Å². The van der Waals surface area contributed by atoms with Gasteiger partial charge in [-0.25, -0.2) is 4.99 Å². The Morgan fingerprint density at radius 2 is 2.04 bits per heavy atom. The highest BCUT2D eigenvalue weighted by Crippen LogP contribution is 2.27. The summed E-state index contributed by atoms with van der Waals surface area (Å²) in [5.41, 5.74) is 1.09. The molecule has 0 saturated carbocycles. The third-order valence-corrected chi connectivity index (χ3v) is 4.49. The first kappa shape index (κ1) is 19.4. The third kappa shape index (κ3) is 6.12. The third-order valence-electron chi connectivity index (χ3n) is 4.49. The van der Waals surface area contributed by atoms with Gasteiger partial charge >= 0.3 is 0 Å². The minimum atomic E-state index is 0.597. The first-order valence-corrected chi connectivity index (χ1v) is 9.07. The second-order valence-corrected chi connectivity index (χ2v) is 6.54. The van der Waals surface area contributed by atoms with Crippen LogP contribution in [0.3, 0.4) is 0 Å². The molecule has 0 aromatic heterocycles. The molecule has 1 saturated heterocycles. The van der Waals surface area contributed by atoms with Gasteiger partial charge in [0.2, 0.25) is 0 Å². The molecule has 2 rings (SSSR count). The van der Waals surface area contributed by atoms with Crippen LogP contribution >= 0.6 is 0 Å². The Morgan fingerprint density at radius 1 is 1.24 bits per heavy atom. The van der Waals surface area contributed by atoms with Crippen LogP contribution in [0, 0.1) is 5.92 Å². The van der Waals surface area contributed by atoms with Crippen molar-refractivity contribution in [1.29, 1.82) is 0 Å². The molecule has 1 aromatic rings. The van der Waals surface area contributed by atoms with Crippen molar-refractivity contribution in [3.63, 3.8) is 0 Å². The summed E-state index contributed by atoms with van der Waals surface area (Å²) in [4.78, 5) is 7.11. The van der Waals surface area contributed by atoms with E-state index >= 15 is 0 Å². The number of benzene rings is 1. The molecule has 1 aromatic carbocycles. The van der Waals surface area contributed by atoms with Crippen LogP contribution < -0.4 is 20.1 Å². The van der Waals surface area contributed by atoms with E-state index in [1.54, 1.807) is 14.2 Å². The number of hydrogen-bond donors (Lipinski definition) is 2. The fourth-order valence-corrected chi connectivity index (χ4v) is 3.17. The Bertz CT molecular complexity index is 562. The number of ether oxygens (including phenoxy) is 2. The van der Waals surface area contributed by atoms with Crippen molar-refractivity contribution in [2.75, 3.05) is 47.4 Å². The fraction of sp³-hybridized carbons (Fsp3) is 0.632. The molecule has 0 aliphatic carbocycles. The Morgan fingerprint density at radius 3 is 2.72 bits per heavy atom. The molecular formula is C19H32N4O2. The van der Waals surface area contributed by atoms with E-state index in [9.17, 15) is 0 Å². The van der Waals surface area contributed by atoms with Crippen molar-refractivity contribution >= 4 is 5.96 Å². The molecule has 1 heterocycles. The minimum absolute atomic E-state index is 0.597. The molecule has 1 fully saturated rings. The largest absolute Gasteiger partial charge is 0.493 e. The molecule has 6 nitrogen and oxygen atoms in total. The Balaban J connectivity index is 1.94. The van der Waals surface area contributed by atoms with Gasteiger partial charge in [-0.3, -0.25) is 0 Å². The van der Waals surface area contributed by atoms with E-state index in [4.69, 9.17) is 14.5 Å². The van der Waals surface area contributed by atoms with Crippen molar-refractivity contribution < 1.29 is 9.47 Å². The molecule has 25 heavy (non-hydrogen) atoms. The normalized spacial score (nSPS) is 18.7. The number of methoxy groups -OCH3 is 2. The van der Waals surface area contributed by atoms with Gasteiger partial charge in [0.05, 0.1) is 20.8 Å². The Hall–Kier alpha value is -1.95. The van der Waals surface area contributed by atoms with E-state index in [0.29, 0.717) is 12.5 Å². The lowest BCUT2D eigenvalue weighted by molar-refractivity contribution is 0.210. The average molecular weight is 348 g/mol. The summed E-state index contributed by atoms with van der Waals surface area (Å²) < 4.78 is 10.6. The fourth-order valence-electron chi connectivity index (χ4n) is 3.17. The topological polar surface area (TPSA) is 58.1 Å². The van der Waals surface area contributed by atoms with Crippen LogP contribution in [0.25, 0.3) is 0 Å². The van der Waals surface area contributed by atoms with Crippen molar-refractivity contribution in [2.24, 2.45) is 10.9 Å². The number of guanidine groups is 1. The second-order valence-electron chi connectivity index (χ2n) is 6.54. The SMILES string of the molecule is CCNC(=NCc1ccc(OC)c(OC)c1)NCC1CCCN(C)C1. The van der Waals surface area contributed by atoms with E-state index in [1.165, 1.54) is 19.4 Å². The van der Waals surface area contributed by atoms with E-state index in [0.717, 1.165) is 42.7 Å². The summed E-state index contributed by atoms with van der Waals surface area (Å²) in [6.45, 7) is 6.86. The van der Waals surface area contributed by atoms with Crippen LogP contribution in [0.4, 0.5) is 0 Å². The highest BCUT2D eigenvalue weighted by atomic mass is 16.5. The van der Waals surface area contributed by atoms with E-state index in [2.05, 4.69) is 29.5 Å².